The zero-order valence-corrected chi connectivity index (χ0v) is 12.3. The summed E-state index contributed by atoms with van der Waals surface area (Å²) in [6.07, 6.45) is 0.811. The highest BCUT2D eigenvalue weighted by Gasteiger charge is 2.28. The summed E-state index contributed by atoms with van der Waals surface area (Å²) >= 11 is 0. The minimum absolute atomic E-state index is 0.0254. The number of hydrogen-bond donors (Lipinski definition) is 1. The summed E-state index contributed by atoms with van der Waals surface area (Å²) in [5.74, 6) is -0.0254. The van der Waals surface area contributed by atoms with E-state index in [1.165, 1.54) is 0 Å². The standard InChI is InChI=1S/C17H19N3O/c1-11-7-8-15(12(2)19-11)17(21)20-10-14(18)9-13-5-3-4-6-16(13)20/h3-8,14H,9-10,18H2,1-2H3. The van der Waals surface area contributed by atoms with Gasteiger partial charge in [-0.3, -0.25) is 9.78 Å². The van der Waals surface area contributed by atoms with Crippen LogP contribution in [0.25, 0.3) is 0 Å². The van der Waals surface area contributed by atoms with Crippen LogP contribution in [0.2, 0.25) is 0 Å². The predicted octanol–water partition coefficient (Wildman–Crippen LogP) is 2.23. The third kappa shape index (κ3) is 2.54. The molecule has 0 saturated heterocycles. The minimum Gasteiger partial charge on any atom is -0.326 e. The second-order valence-electron chi connectivity index (χ2n) is 5.59. The number of aryl methyl sites for hydroxylation is 2. The molecule has 1 aliphatic heterocycles. The molecule has 1 unspecified atom stereocenters. The lowest BCUT2D eigenvalue weighted by atomic mass is 9.97. The Balaban J connectivity index is 2.02. The third-order valence-corrected chi connectivity index (χ3v) is 3.88. The van der Waals surface area contributed by atoms with Crippen molar-refractivity contribution in [2.75, 3.05) is 11.4 Å². The van der Waals surface area contributed by atoms with Crippen molar-refractivity contribution in [2.45, 2.75) is 26.3 Å². The Hall–Kier alpha value is -2.20. The zero-order chi connectivity index (χ0) is 15.0. The van der Waals surface area contributed by atoms with Crippen LogP contribution >= 0.6 is 0 Å². The number of benzene rings is 1. The molecule has 0 radical (unpaired) electrons. The van der Waals surface area contributed by atoms with E-state index < -0.39 is 0 Å². The van der Waals surface area contributed by atoms with Gasteiger partial charge >= 0.3 is 0 Å². The van der Waals surface area contributed by atoms with Crippen molar-refractivity contribution in [3.63, 3.8) is 0 Å². The molecule has 2 heterocycles. The summed E-state index contributed by atoms with van der Waals surface area (Å²) < 4.78 is 0. The van der Waals surface area contributed by atoms with Gasteiger partial charge in [0.1, 0.15) is 0 Å². The lowest BCUT2D eigenvalue weighted by molar-refractivity contribution is 0.0982. The molecule has 1 amide bonds. The fourth-order valence-corrected chi connectivity index (χ4v) is 2.88. The average molecular weight is 281 g/mol. The topological polar surface area (TPSA) is 59.2 Å². The van der Waals surface area contributed by atoms with Crippen molar-refractivity contribution in [3.05, 3.63) is 58.9 Å². The van der Waals surface area contributed by atoms with E-state index in [0.29, 0.717) is 12.1 Å². The monoisotopic (exact) mass is 281 g/mol. The number of rotatable bonds is 1. The fraction of sp³-hybridized carbons (Fsp3) is 0.294. The van der Waals surface area contributed by atoms with Gasteiger partial charge in [0.2, 0.25) is 0 Å². The Kier molecular flexibility index (Phi) is 3.47. The van der Waals surface area contributed by atoms with Crippen LogP contribution in [-0.2, 0) is 6.42 Å². The Labute approximate surface area is 124 Å². The quantitative estimate of drug-likeness (QED) is 0.872. The molecule has 0 fully saturated rings. The first kappa shape index (κ1) is 13.8. The van der Waals surface area contributed by atoms with Crippen LogP contribution in [0.5, 0.6) is 0 Å². The van der Waals surface area contributed by atoms with Gasteiger partial charge in [0.15, 0.2) is 0 Å². The van der Waals surface area contributed by atoms with Crippen LogP contribution in [0.4, 0.5) is 5.69 Å². The summed E-state index contributed by atoms with van der Waals surface area (Å²) in [6.45, 7) is 4.34. The Morgan fingerprint density at radius 3 is 2.76 bits per heavy atom. The molecule has 3 rings (SSSR count). The molecule has 2 N–H and O–H groups in total. The molecule has 1 aromatic heterocycles. The summed E-state index contributed by atoms with van der Waals surface area (Å²) in [7, 11) is 0. The molecular formula is C17H19N3O. The van der Waals surface area contributed by atoms with Crippen LogP contribution in [0.15, 0.2) is 36.4 Å². The van der Waals surface area contributed by atoms with E-state index in [1.54, 1.807) is 4.90 Å². The van der Waals surface area contributed by atoms with E-state index in [9.17, 15) is 4.79 Å². The maximum absolute atomic E-state index is 12.9. The van der Waals surface area contributed by atoms with Crippen molar-refractivity contribution < 1.29 is 4.79 Å². The Morgan fingerprint density at radius 1 is 1.24 bits per heavy atom. The smallest absolute Gasteiger partial charge is 0.260 e. The number of nitrogens with two attached hydrogens (primary N) is 1. The highest BCUT2D eigenvalue weighted by molar-refractivity contribution is 6.07. The molecule has 0 saturated carbocycles. The first-order valence-corrected chi connectivity index (χ1v) is 7.16. The minimum atomic E-state index is -0.0254. The van der Waals surface area contributed by atoms with Crippen LogP contribution in [0, 0.1) is 13.8 Å². The van der Waals surface area contributed by atoms with Gasteiger partial charge in [-0.1, -0.05) is 18.2 Å². The van der Waals surface area contributed by atoms with Crippen molar-refractivity contribution in [1.29, 1.82) is 0 Å². The van der Waals surface area contributed by atoms with Gasteiger partial charge in [0, 0.05) is 24.0 Å². The molecule has 4 nitrogen and oxygen atoms in total. The van der Waals surface area contributed by atoms with E-state index in [0.717, 1.165) is 29.1 Å². The van der Waals surface area contributed by atoms with Crippen LogP contribution < -0.4 is 10.6 Å². The molecule has 1 atom stereocenters. The number of hydrogen-bond acceptors (Lipinski definition) is 3. The lowest BCUT2D eigenvalue weighted by Crippen LogP contribution is -2.46. The number of fused-ring (bicyclic) bond motifs is 1. The lowest BCUT2D eigenvalue weighted by Gasteiger charge is -2.33. The van der Waals surface area contributed by atoms with Gasteiger partial charge in [0.25, 0.3) is 5.91 Å². The van der Waals surface area contributed by atoms with Crippen LogP contribution in [0.3, 0.4) is 0 Å². The number of pyridine rings is 1. The molecule has 1 aromatic carbocycles. The summed E-state index contributed by atoms with van der Waals surface area (Å²) in [5, 5.41) is 0. The predicted molar refractivity (Wildman–Crippen MR) is 83.5 cm³/mol. The van der Waals surface area contributed by atoms with E-state index in [4.69, 9.17) is 5.73 Å². The van der Waals surface area contributed by atoms with E-state index in [1.807, 2.05) is 50.2 Å². The summed E-state index contributed by atoms with van der Waals surface area (Å²) in [4.78, 5) is 19.0. The maximum Gasteiger partial charge on any atom is 0.260 e. The molecule has 0 spiro atoms. The first-order chi connectivity index (χ1) is 10.1. The number of para-hydroxylation sites is 1. The zero-order valence-electron chi connectivity index (χ0n) is 12.3. The van der Waals surface area contributed by atoms with Crippen LogP contribution in [-0.4, -0.2) is 23.5 Å². The number of aromatic nitrogens is 1. The number of nitrogens with zero attached hydrogens (tertiary/aromatic N) is 2. The SMILES string of the molecule is Cc1ccc(C(=O)N2CC(N)Cc3ccccc32)c(C)n1. The van der Waals surface area contributed by atoms with Crippen molar-refractivity contribution in [2.24, 2.45) is 5.73 Å². The third-order valence-electron chi connectivity index (χ3n) is 3.88. The Bertz CT molecular complexity index is 696. The molecule has 4 heteroatoms. The highest BCUT2D eigenvalue weighted by atomic mass is 16.2. The molecule has 108 valence electrons. The van der Waals surface area contributed by atoms with E-state index in [-0.39, 0.29) is 11.9 Å². The number of amides is 1. The molecule has 1 aliphatic rings. The normalized spacial score (nSPS) is 17.5. The van der Waals surface area contributed by atoms with E-state index >= 15 is 0 Å². The summed E-state index contributed by atoms with van der Waals surface area (Å²) in [6, 6.07) is 11.7. The first-order valence-electron chi connectivity index (χ1n) is 7.16. The molecule has 0 bridgehead atoms. The van der Waals surface area contributed by atoms with E-state index in [2.05, 4.69) is 4.98 Å². The summed E-state index contributed by atoms with van der Waals surface area (Å²) in [5.41, 5.74) is 10.5. The largest absolute Gasteiger partial charge is 0.326 e. The highest BCUT2D eigenvalue weighted by Crippen LogP contribution is 2.28. The van der Waals surface area contributed by atoms with Crippen molar-refractivity contribution in [3.8, 4) is 0 Å². The van der Waals surface area contributed by atoms with Crippen molar-refractivity contribution in [1.82, 2.24) is 4.98 Å². The molecule has 2 aromatic rings. The number of anilines is 1. The fourth-order valence-electron chi connectivity index (χ4n) is 2.88. The molecular weight excluding hydrogens is 262 g/mol. The number of carbonyl (C=O) groups excluding carboxylic acids is 1. The van der Waals surface area contributed by atoms with Crippen molar-refractivity contribution >= 4 is 11.6 Å². The number of carbonyl (C=O) groups is 1. The average Bonchev–Trinajstić information content (AvgIpc) is 2.45. The second kappa shape index (κ2) is 5.30. The van der Waals surface area contributed by atoms with Crippen LogP contribution in [0.1, 0.15) is 27.3 Å². The van der Waals surface area contributed by atoms with Gasteiger partial charge in [-0.05, 0) is 44.0 Å². The van der Waals surface area contributed by atoms with Gasteiger partial charge in [-0.15, -0.1) is 0 Å². The molecule has 21 heavy (non-hydrogen) atoms. The van der Waals surface area contributed by atoms with Gasteiger partial charge in [-0.2, -0.15) is 0 Å². The second-order valence-corrected chi connectivity index (χ2v) is 5.59. The van der Waals surface area contributed by atoms with Gasteiger partial charge < -0.3 is 10.6 Å². The Morgan fingerprint density at radius 2 is 2.00 bits per heavy atom. The maximum atomic E-state index is 12.9. The van der Waals surface area contributed by atoms with Gasteiger partial charge in [-0.25, -0.2) is 0 Å². The van der Waals surface area contributed by atoms with Gasteiger partial charge in [0.05, 0.1) is 11.3 Å². The molecule has 0 aliphatic carbocycles.